The van der Waals surface area contributed by atoms with Crippen molar-refractivity contribution >= 4 is 71.7 Å². The van der Waals surface area contributed by atoms with Gasteiger partial charge in [0.05, 0.1) is 20.3 Å². The van der Waals surface area contributed by atoms with Crippen LogP contribution in [0.3, 0.4) is 0 Å². The second-order valence-corrected chi connectivity index (χ2v) is 5.62. The van der Waals surface area contributed by atoms with Gasteiger partial charge in [-0.1, -0.05) is 34.8 Å². The summed E-state index contributed by atoms with van der Waals surface area (Å²) in [5.74, 6) is 0. The number of hydrogen-bond donors (Lipinski definition) is 2. The Bertz CT molecular complexity index is 269. The van der Waals surface area contributed by atoms with Crippen LogP contribution in [0.2, 0.25) is 0 Å². The maximum absolute atomic E-state index is 5.93. The molecule has 1 rings (SSSR count). The van der Waals surface area contributed by atoms with Crippen LogP contribution in [0.5, 0.6) is 0 Å². The first kappa shape index (κ1) is 11.4. The average molecular weight is 282 g/mol. The third kappa shape index (κ3) is 2.05. The normalized spacial score (nSPS) is 36.8. The summed E-state index contributed by atoms with van der Waals surface area (Å²) in [7, 11) is 0. The molecule has 0 heterocycles. The van der Waals surface area contributed by atoms with E-state index in [4.69, 9.17) is 46.4 Å². The summed E-state index contributed by atoms with van der Waals surface area (Å²) in [4.78, 5) is 0. The Morgan fingerprint density at radius 3 is 2.33 bits per heavy atom. The predicted molar refractivity (Wildman–Crippen MR) is 63.0 cm³/mol. The second-order valence-electron chi connectivity index (χ2n) is 2.28. The Hall–Kier alpha value is 1.34. The van der Waals surface area contributed by atoms with Crippen LogP contribution < -0.4 is 0 Å². The lowest BCUT2D eigenvalue weighted by Gasteiger charge is -2.28. The average Bonchev–Trinajstić information content (AvgIpc) is 1.97. The van der Waals surface area contributed by atoms with Crippen molar-refractivity contribution in [3.8, 4) is 0 Å². The van der Waals surface area contributed by atoms with Crippen LogP contribution in [0.15, 0.2) is 21.2 Å². The van der Waals surface area contributed by atoms with Gasteiger partial charge in [-0.05, 0) is 6.08 Å². The van der Waals surface area contributed by atoms with Gasteiger partial charge in [0, 0.05) is 0 Å². The third-order valence-corrected chi connectivity index (χ3v) is 4.57. The molecule has 0 N–H and O–H groups in total. The molecular formula is C6H4Cl4S2. The van der Waals surface area contributed by atoms with Gasteiger partial charge in [0.15, 0.2) is 0 Å². The summed E-state index contributed by atoms with van der Waals surface area (Å²) in [6.07, 6.45) is 1.51. The lowest BCUT2D eigenvalue weighted by Crippen LogP contribution is -2.28. The smallest absolute Gasteiger partial charge is 0.123 e. The zero-order valence-corrected chi connectivity index (χ0v) is 10.4. The van der Waals surface area contributed by atoms with E-state index in [2.05, 4.69) is 25.3 Å². The summed E-state index contributed by atoms with van der Waals surface area (Å²) in [5.41, 5.74) is 0. The summed E-state index contributed by atoms with van der Waals surface area (Å²) in [6, 6.07) is 0. The molecule has 2 atom stereocenters. The number of allylic oxidation sites excluding steroid dienone is 2. The van der Waals surface area contributed by atoms with Crippen molar-refractivity contribution in [1.82, 2.24) is 0 Å². The summed E-state index contributed by atoms with van der Waals surface area (Å²) < 4.78 is -0.977. The van der Waals surface area contributed by atoms with E-state index in [1.807, 2.05) is 0 Å². The molecule has 1 aliphatic carbocycles. The fraction of sp³-hybridized carbons (Fsp3) is 0.333. The zero-order valence-electron chi connectivity index (χ0n) is 5.56. The van der Waals surface area contributed by atoms with Crippen molar-refractivity contribution < 1.29 is 0 Å². The highest BCUT2D eigenvalue weighted by Crippen LogP contribution is 2.45. The van der Waals surface area contributed by atoms with Gasteiger partial charge in [0.1, 0.15) is 4.21 Å². The fourth-order valence-corrected chi connectivity index (χ4v) is 2.51. The Kier molecular flexibility index (Phi) is 3.65. The van der Waals surface area contributed by atoms with Crippen molar-refractivity contribution in [2.75, 3.05) is 0 Å². The van der Waals surface area contributed by atoms with E-state index in [1.165, 1.54) is 6.08 Å². The maximum Gasteiger partial charge on any atom is 0.123 e. The Morgan fingerprint density at radius 1 is 1.33 bits per heavy atom. The predicted octanol–water partition coefficient (Wildman–Crippen LogP) is 3.98. The lowest BCUT2D eigenvalue weighted by atomic mass is 10.1. The minimum absolute atomic E-state index is 0.281. The van der Waals surface area contributed by atoms with E-state index in [1.54, 1.807) is 0 Å². The minimum Gasteiger partial charge on any atom is -0.167 e. The number of alkyl halides is 1. The Labute approximate surface area is 102 Å². The first-order valence-electron chi connectivity index (χ1n) is 2.89. The fourth-order valence-electron chi connectivity index (χ4n) is 0.732. The number of hydrogen-bond acceptors (Lipinski definition) is 2. The summed E-state index contributed by atoms with van der Waals surface area (Å²) in [5, 5.41) is 0.456. The molecule has 0 fully saturated rings. The van der Waals surface area contributed by atoms with E-state index < -0.39 is 9.46 Å². The van der Waals surface area contributed by atoms with Gasteiger partial charge in [0.2, 0.25) is 0 Å². The van der Waals surface area contributed by atoms with E-state index >= 15 is 0 Å². The number of thiol groups is 2. The highest BCUT2D eigenvalue weighted by atomic mass is 35.5. The zero-order chi connectivity index (χ0) is 9.52. The molecule has 0 saturated heterocycles. The van der Waals surface area contributed by atoms with Gasteiger partial charge < -0.3 is 0 Å². The molecule has 12 heavy (non-hydrogen) atoms. The molecule has 0 saturated carbocycles. The molecule has 0 bridgehead atoms. The van der Waals surface area contributed by atoms with Gasteiger partial charge in [-0.25, -0.2) is 0 Å². The van der Waals surface area contributed by atoms with Crippen molar-refractivity contribution in [3.63, 3.8) is 0 Å². The molecule has 68 valence electrons. The van der Waals surface area contributed by atoms with E-state index in [9.17, 15) is 0 Å². The van der Waals surface area contributed by atoms with Gasteiger partial charge in [0.25, 0.3) is 0 Å². The van der Waals surface area contributed by atoms with Gasteiger partial charge in [-0.3, -0.25) is 0 Å². The molecule has 0 amide bonds. The molecule has 0 aromatic carbocycles. The molecule has 0 aromatic rings. The monoisotopic (exact) mass is 280 g/mol. The van der Waals surface area contributed by atoms with E-state index in [-0.39, 0.29) is 5.03 Å². The van der Waals surface area contributed by atoms with Crippen molar-refractivity contribution in [2.45, 2.75) is 9.46 Å². The standard InChI is InChI=1S/C6H4Cl4S2/c7-2-1-6(10,12)5(11)4(9)3(2)8/h1,5,11-12H. The molecular weight excluding hydrogens is 278 g/mol. The van der Waals surface area contributed by atoms with E-state index in [0.29, 0.717) is 10.1 Å². The van der Waals surface area contributed by atoms with E-state index in [0.717, 1.165) is 0 Å². The van der Waals surface area contributed by atoms with Crippen molar-refractivity contribution in [2.24, 2.45) is 0 Å². The maximum atomic E-state index is 5.93. The summed E-state index contributed by atoms with van der Waals surface area (Å²) >= 11 is 31.5. The molecule has 0 aliphatic heterocycles. The Morgan fingerprint density at radius 2 is 1.83 bits per heavy atom. The highest BCUT2D eigenvalue weighted by molar-refractivity contribution is 7.87. The van der Waals surface area contributed by atoms with Crippen LogP contribution in [0, 0.1) is 0 Å². The molecule has 0 nitrogen and oxygen atoms in total. The number of halogens is 4. The van der Waals surface area contributed by atoms with Crippen LogP contribution in [-0.4, -0.2) is 9.46 Å². The van der Waals surface area contributed by atoms with Crippen molar-refractivity contribution in [1.29, 1.82) is 0 Å². The first-order chi connectivity index (χ1) is 5.36. The molecule has 0 aromatic heterocycles. The van der Waals surface area contributed by atoms with Gasteiger partial charge in [-0.15, -0.1) is 11.6 Å². The molecule has 6 heteroatoms. The van der Waals surface area contributed by atoms with Crippen molar-refractivity contribution in [3.05, 3.63) is 21.2 Å². The minimum atomic E-state index is -0.977. The van der Waals surface area contributed by atoms with Crippen LogP contribution in [-0.2, 0) is 0 Å². The largest absolute Gasteiger partial charge is 0.167 e. The third-order valence-electron chi connectivity index (χ3n) is 1.37. The summed E-state index contributed by atoms with van der Waals surface area (Å²) in [6.45, 7) is 0. The first-order valence-corrected chi connectivity index (χ1v) is 5.37. The molecule has 0 spiro atoms. The second kappa shape index (κ2) is 3.84. The molecule has 0 radical (unpaired) electrons. The van der Waals surface area contributed by atoms with Crippen LogP contribution >= 0.6 is 71.7 Å². The number of rotatable bonds is 0. The topological polar surface area (TPSA) is 0 Å². The van der Waals surface area contributed by atoms with Gasteiger partial charge in [-0.2, -0.15) is 25.3 Å². The highest BCUT2D eigenvalue weighted by Gasteiger charge is 2.36. The SMILES string of the molecule is SC1C(Cl)=C(Cl)C(Cl)=CC1(S)Cl. The molecule has 1 aliphatic rings. The Balaban J connectivity index is 3.15. The lowest BCUT2D eigenvalue weighted by molar-refractivity contribution is 0.986. The van der Waals surface area contributed by atoms with Crippen LogP contribution in [0.1, 0.15) is 0 Å². The van der Waals surface area contributed by atoms with Crippen LogP contribution in [0.25, 0.3) is 0 Å². The van der Waals surface area contributed by atoms with Gasteiger partial charge >= 0.3 is 0 Å². The molecule has 2 unspecified atom stereocenters. The quantitative estimate of drug-likeness (QED) is 0.487. The van der Waals surface area contributed by atoms with Crippen LogP contribution in [0.4, 0.5) is 0 Å².